The van der Waals surface area contributed by atoms with Gasteiger partial charge in [0.15, 0.2) is 0 Å². The maximum Gasteiger partial charge on any atom is 0.249 e. The summed E-state index contributed by atoms with van der Waals surface area (Å²) < 4.78 is 7.31. The summed E-state index contributed by atoms with van der Waals surface area (Å²) in [5.74, 6) is 0.964. The van der Waals surface area contributed by atoms with Crippen molar-refractivity contribution >= 4 is 5.91 Å². The highest BCUT2D eigenvalue weighted by atomic mass is 16.5. The molecule has 0 aliphatic heterocycles. The molecule has 7 nitrogen and oxygen atoms in total. The Morgan fingerprint density at radius 1 is 1.42 bits per heavy atom. The van der Waals surface area contributed by atoms with Gasteiger partial charge in [0.2, 0.25) is 17.6 Å². The number of nitrogens with one attached hydrogen (secondary N) is 1. The molecule has 0 radical (unpaired) electrons. The number of nitrogens with zero attached hydrogens (tertiary/aromatic N) is 4. The number of aromatic nitrogens is 4. The minimum Gasteiger partial charge on any atom is -0.344 e. The van der Waals surface area contributed by atoms with E-state index in [1.54, 1.807) is 12.5 Å². The van der Waals surface area contributed by atoms with Crippen molar-refractivity contribution in [3.8, 4) is 11.4 Å². The Morgan fingerprint density at radius 2 is 2.27 bits per heavy atom. The third-order valence-electron chi connectivity index (χ3n) is 4.82. The van der Waals surface area contributed by atoms with Crippen molar-refractivity contribution in [1.29, 1.82) is 0 Å². The number of amides is 1. The second-order valence-electron chi connectivity index (χ2n) is 7.04. The quantitative estimate of drug-likeness (QED) is 0.738. The van der Waals surface area contributed by atoms with Gasteiger partial charge >= 0.3 is 0 Å². The van der Waals surface area contributed by atoms with Gasteiger partial charge in [-0.1, -0.05) is 28.9 Å². The second kappa shape index (κ2) is 6.40. The molecule has 2 aromatic heterocycles. The Bertz CT molecular complexity index is 912. The van der Waals surface area contributed by atoms with Crippen molar-refractivity contribution in [3.05, 3.63) is 54.4 Å². The van der Waals surface area contributed by atoms with E-state index < -0.39 is 0 Å². The Balaban J connectivity index is 1.44. The molecule has 7 heteroatoms. The first-order valence-corrected chi connectivity index (χ1v) is 8.73. The molecule has 1 saturated carbocycles. The number of hydrogen-bond donors (Lipinski definition) is 1. The van der Waals surface area contributed by atoms with E-state index in [0.29, 0.717) is 18.3 Å². The van der Waals surface area contributed by atoms with Crippen LogP contribution in [0.1, 0.15) is 37.3 Å². The Labute approximate surface area is 151 Å². The lowest BCUT2D eigenvalue weighted by molar-refractivity contribution is -0.127. The molecule has 1 aliphatic rings. The zero-order valence-corrected chi connectivity index (χ0v) is 14.8. The first kappa shape index (κ1) is 16.5. The largest absolute Gasteiger partial charge is 0.344 e. The lowest BCUT2D eigenvalue weighted by Gasteiger charge is -2.18. The number of carbonyl (C=O) groups is 1. The van der Waals surface area contributed by atoms with Crippen molar-refractivity contribution in [2.45, 2.75) is 39.3 Å². The molecular weight excluding hydrogens is 330 g/mol. The highest BCUT2D eigenvalue weighted by Gasteiger charge is 2.50. The monoisotopic (exact) mass is 351 g/mol. The van der Waals surface area contributed by atoms with E-state index >= 15 is 0 Å². The predicted molar refractivity (Wildman–Crippen MR) is 94.9 cm³/mol. The molecule has 1 amide bonds. The molecule has 1 N–H and O–H groups in total. The Kier molecular flexibility index (Phi) is 4.06. The zero-order valence-electron chi connectivity index (χ0n) is 14.8. The van der Waals surface area contributed by atoms with Gasteiger partial charge in [0, 0.05) is 24.5 Å². The molecule has 1 aromatic carbocycles. The van der Waals surface area contributed by atoms with Crippen molar-refractivity contribution in [2.75, 3.05) is 0 Å². The van der Waals surface area contributed by atoms with Gasteiger partial charge < -0.3 is 14.4 Å². The van der Waals surface area contributed by atoms with Crippen LogP contribution in [0.25, 0.3) is 11.4 Å². The molecule has 26 heavy (non-hydrogen) atoms. The predicted octanol–water partition coefficient (Wildman–Crippen LogP) is 2.90. The fourth-order valence-electron chi connectivity index (χ4n) is 3.06. The zero-order chi connectivity index (χ0) is 18.1. The number of rotatable bonds is 6. The average Bonchev–Trinajstić information content (AvgIpc) is 3.02. The van der Waals surface area contributed by atoms with Crippen LogP contribution in [-0.4, -0.2) is 25.6 Å². The molecule has 1 fully saturated rings. The molecule has 3 aromatic rings. The number of carbonyl (C=O) groups excluding carboxylic acids is 1. The van der Waals surface area contributed by atoms with E-state index in [-0.39, 0.29) is 17.4 Å². The van der Waals surface area contributed by atoms with Gasteiger partial charge in [-0.05, 0) is 32.8 Å². The SMILES string of the molecule is Cc1cccc(-c2noc([C@H](C)NC(=O)C3(Cn4ccnc4)CC3)n2)c1. The molecule has 0 spiro atoms. The van der Waals surface area contributed by atoms with Gasteiger partial charge in [-0.25, -0.2) is 4.98 Å². The molecule has 0 bridgehead atoms. The highest BCUT2D eigenvalue weighted by Crippen LogP contribution is 2.47. The molecule has 0 unspecified atom stereocenters. The van der Waals surface area contributed by atoms with Gasteiger partial charge in [-0.2, -0.15) is 4.98 Å². The topological polar surface area (TPSA) is 85.8 Å². The van der Waals surface area contributed by atoms with Crippen molar-refractivity contribution < 1.29 is 9.32 Å². The summed E-state index contributed by atoms with van der Waals surface area (Å²) in [6.07, 6.45) is 7.10. The maximum absolute atomic E-state index is 12.7. The van der Waals surface area contributed by atoms with E-state index in [9.17, 15) is 4.79 Å². The highest BCUT2D eigenvalue weighted by molar-refractivity contribution is 5.85. The third kappa shape index (κ3) is 3.24. The van der Waals surface area contributed by atoms with Crippen molar-refractivity contribution in [2.24, 2.45) is 5.41 Å². The maximum atomic E-state index is 12.7. The van der Waals surface area contributed by atoms with Crippen LogP contribution in [0.3, 0.4) is 0 Å². The number of imidazole rings is 1. The summed E-state index contributed by atoms with van der Waals surface area (Å²) in [6.45, 7) is 4.52. The average molecular weight is 351 g/mol. The van der Waals surface area contributed by atoms with Crippen LogP contribution >= 0.6 is 0 Å². The lowest BCUT2D eigenvalue weighted by atomic mass is 10.1. The molecular formula is C19H21N5O2. The fraction of sp³-hybridized carbons (Fsp3) is 0.368. The van der Waals surface area contributed by atoms with Crippen LogP contribution in [0.4, 0.5) is 0 Å². The summed E-state index contributed by atoms with van der Waals surface area (Å²) in [6, 6.07) is 7.58. The fourth-order valence-corrected chi connectivity index (χ4v) is 3.06. The van der Waals surface area contributed by atoms with Crippen LogP contribution in [0.15, 0.2) is 47.5 Å². The van der Waals surface area contributed by atoms with E-state index in [2.05, 4.69) is 20.4 Å². The minimum atomic E-state index is -0.353. The summed E-state index contributed by atoms with van der Waals surface area (Å²) in [5.41, 5.74) is 1.68. The third-order valence-corrected chi connectivity index (χ3v) is 4.82. The molecule has 1 atom stereocenters. The summed E-state index contributed by atoms with van der Waals surface area (Å²) in [5, 5.41) is 7.06. The van der Waals surface area contributed by atoms with Gasteiger partial charge in [0.1, 0.15) is 6.04 Å². The smallest absolute Gasteiger partial charge is 0.249 e. The van der Waals surface area contributed by atoms with Crippen LogP contribution in [0, 0.1) is 12.3 Å². The molecule has 2 heterocycles. The number of aryl methyl sites for hydroxylation is 1. The summed E-state index contributed by atoms with van der Waals surface area (Å²) in [4.78, 5) is 21.2. The first-order chi connectivity index (χ1) is 12.6. The van der Waals surface area contributed by atoms with E-state index in [1.807, 2.05) is 48.9 Å². The van der Waals surface area contributed by atoms with E-state index in [4.69, 9.17) is 4.52 Å². The molecule has 0 saturated heterocycles. The van der Waals surface area contributed by atoms with Gasteiger partial charge in [-0.15, -0.1) is 0 Å². The second-order valence-corrected chi connectivity index (χ2v) is 7.04. The minimum absolute atomic E-state index is 0.0222. The number of hydrogen-bond acceptors (Lipinski definition) is 5. The van der Waals surface area contributed by atoms with Gasteiger partial charge in [0.25, 0.3) is 0 Å². The normalized spacial score (nSPS) is 16.2. The number of benzene rings is 1. The van der Waals surface area contributed by atoms with E-state index in [1.165, 1.54) is 0 Å². The molecule has 4 rings (SSSR count). The first-order valence-electron chi connectivity index (χ1n) is 8.73. The summed E-state index contributed by atoms with van der Waals surface area (Å²) in [7, 11) is 0. The van der Waals surface area contributed by atoms with Crippen molar-refractivity contribution in [3.63, 3.8) is 0 Å². The standard InChI is InChI=1S/C19H21N5O2/c1-13-4-3-5-15(10-13)16-22-17(26-23-16)14(2)21-18(25)19(6-7-19)11-24-9-8-20-12-24/h3-5,8-10,12,14H,6-7,11H2,1-2H3,(H,21,25)/t14-/m0/s1. The van der Waals surface area contributed by atoms with Gasteiger partial charge in [0.05, 0.1) is 11.7 Å². The molecule has 134 valence electrons. The van der Waals surface area contributed by atoms with Crippen LogP contribution in [-0.2, 0) is 11.3 Å². The Hall–Kier alpha value is -2.96. The van der Waals surface area contributed by atoms with Crippen LogP contribution < -0.4 is 5.32 Å². The Morgan fingerprint density at radius 3 is 2.96 bits per heavy atom. The van der Waals surface area contributed by atoms with Gasteiger partial charge in [-0.3, -0.25) is 4.79 Å². The van der Waals surface area contributed by atoms with E-state index in [0.717, 1.165) is 24.0 Å². The lowest BCUT2D eigenvalue weighted by Crippen LogP contribution is -2.36. The summed E-state index contributed by atoms with van der Waals surface area (Å²) >= 11 is 0. The molecule has 1 aliphatic carbocycles. The van der Waals surface area contributed by atoms with Crippen LogP contribution in [0.2, 0.25) is 0 Å². The van der Waals surface area contributed by atoms with Crippen LogP contribution in [0.5, 0.6) is 0 Å². The van der Waals surface area contributed by atoms with Crippen molar-refractivity contribution in [1.82, 2.24) is 25.0 Å².